The van der Waals surface area contributed by atoms with E-state index in [1.807, 2.05) is 0 Å². The third-order valence-electron chi connectivity index (χ3n) is 5.83. The van der Waals surface area contributed by atoms with E-state index < -0.39 is 35.8 Å². The number of piperidine rings is 1. The minimum atomic E-state index is -3.05. The van der Waals surface area contributed by atoms with Gasteiger partial charge >= 0.3 is 0 Å². The molecule has 1 aliphatic heterocycles. The maximum Gasteiger partial charge on any atom is 0.290 e. The fraction of sp³-hybridized carbons (Fsp3) is 0.550. The van der Waals surface area contributed by atoms with E-state index in [1.165, 1.54) is 0 Å². The van der Waals surface area contributed by atoms with Crippen LogP contribution in [0.3, 0.4) is 0 Å². The zero-order valence-corrected chi connectivity index (χ0v) is 17.6. The van der Waals surface area contributed by atoms with Gasteiger partial charge in [0.05, 0.1) is 24.3 Å². The van der Waals surface area contributed by atoms with E-state index in [-0.39, 0.29) is 30.4 Å². The smallest absolute Gasteiger partial charge is 0.290 e. The Kier molecular flexibility index (Phi) is 6.04. The first-order valence-corrected chi connectivity index (χ1v) is 10.5. The summed E-state index contributed by atoms with van der Waals surface area (Å²) in [6.07, 6.45) is 3.01. The van der Waals surface area contributed by atoms with Gasteiger partial charge in [-0.15, -0.1) is 10.2 Å². The third kappa shape index (κ3) is 5.01. The first kappa shape index (κ1) is 22.1. The molecule has 12 heteroatoms. The zero-order chi connectivity index (χ0) is 22.9. The number of hydrogen-bond acceptors (Lipinski definition) is 8. The number of nitrogens with one attached hydrogen (secondary N) is 2. The molecule has 2 aliphatic rings. The van der Waals surface area contributed by atoms with Gasteiger partial charge in [0, 0.05) is 31.8 Å². The molecule has 4 N–H and O–H groups in total. The van der Waals surface area contributed by atoms with Crippen LogP contribution in [0.25, 0.3) is 0 Å². The summed E-state index contributed by atoms with van der Waals surface area (Å²) in [7, 11) is 0. The van der Waals surface area contributed by atoms with E-state index in [2.05, 4.69) is 25.5 Å². The summed E-state index contributed by atoms with van der Waals surface area (Å²) in [6.45, 7) is 2.13. The summed E-state index contributed by atoms with van der Waals surface area (Å²) in [4.78, 5) is 31.9. The van der Waals surface area contributed by atoms with E-state index in [0.29, 0.717) is 18.4 Å². The van der Waals surface area contributed by atoms with Crippen molar-refractivity contribution in [3.05, 3.63) is 34.4 Å². The highest BCUT2D eigenvalue weighted by atomic mass is 19.3. The fourth-order valence-electron chi connectivity index (χ4n) is 3.55. The van der Waals surface area contributed by atoms with Crippen LogP contribution in [0.5, 0.6) is 5.88 Å². The number of H-pyrrole nitrogens is 1. The van der Waals surface area contributed by atoms with Crippen molar-refractivity contribution in [1.29, 1.82) is 0 Å². The first-order chi connectivity index (χ1) is 15.2. The lowest BCUT2D eigenvalue weighted by Crippen LogP contribution is -2.52. The normalized spacial score (nSPS) is 21.7. The number of nitrogen functional groups attached to an aromatic ring is 1. The Labute approximate surface area is 182 Å². The maximum atomic E-state index is 14.6. The minimum absolute atomic E-state index is 0.0166. The molecule has 4 rings (SSSR count). The summed E-state index contributed by atoms with van der Waals surface area (Å²) in [5.74, 6) is -3.92. The van der Waals surface area contributed by atoms with Crippen molar-refractivity contribution in [2.45, 2.75) is 44.1 Å². The Morgan fingerprint density at radius 1 is 1.41 bits per heavy atom. The van der Waals surface area contributed by atoms with Crippen LogP contribution in [-0.2, 0) is 4.79 Å². The molecule has 32 heavy (non-hydrogen) atoms. The van der Waals surface area contributed by atoms with E-state index in [9.17, 15) is 18.4 Å². The largest absolute Gasteiger partial charge is 0.476 e. The molecule has 1 aliphatic carbocycles. The van der Waals surface area contributed by atoms with Gasteiger partial charge in [-0.25, -0.2) is 13.8 Å². The molecular weight excluding hydrogens is 424 g/mol. The summed E-state index contributed by atoms with van der Waals surface area (Å²) in [6, 6.07) is 2.50. The van der Waals surface area contributed by atoms with Crippen molar-refractivity contribution in [2.75, 3.05) is 30.7 Å². The zero-order valence-electron chi connectivity index (χ0n) is 17.6. The van der Waals surface area contributed by atoms with Gasteiger partial charge in [0.1, 0.15) is 0 Å². The van der Waals surface area contributed by atoms with Gasteiger partial charge in [-0.3, -0.25) is 14.5 Å². The standard InChI is InChI=1S/C20H25F2N7O3/c1-11(18(30)26-15-4-5-16(28-27-15)32-10-12-2-3-12)29-7-6-20(21,22)13(9-29)14-8-24-19(31)17(23)25-14/h4-5,8,11-13H,2-3,6-7,9-10H2,1H3,(H2,23,25)(H,24,31)(H,26,27,30). The van der Waals surface area contributed by atoms with E-state index in [1.54, 1.807) is 24.0 Å². The van der Waals surface area contributed by atoms with Crippen molar-refractivity contribution in [3.63, 3.8) is 0 Å². The highest BCUT2D eigenvalue weighted by Crippen LogP contribution is 2.40. The molecule has 0 spiro atoms. The molecule has 10 nitrogen and oxygen atoms in total. The van der Waals surface area contributed by atoms with Gasteiger partial charge in [-0.1, -0.05) is 0 Å². The Balaban J connectivity index is 1.39. The van der Waals surface area contributed by atoms with Gasteiger partial charge in [-0.05, 0) is 31.7 Å². The average Bonchev–Trinajstić information content (AvgIpc) is 3.59. The minimum Gasteiger partial charge on any atom is -0.476 e. The number of nitrogens with two attached hydrogens (primary N) is 1. The van der Waals surface area contributed by atoms with Crippen LogP contribution in [0.4, 0.5) is 20.4 Å². The number of rotatable bonds is 7. The molecule has 2 unspecified atom stereocenters. The van der Waals surface area contributed by atoms with Crippen LogP contribution in [0, 0.1) is 5.92 Å². The summed E-state index contributed by atoms with van der Waals surface area (Å²) in [5, 5.41) is 10.5. The second-order valence-corrected chi connectivity index (χ2v) is 8.27. The number of nitrogens with zero attached hydrogens (tertiary/aromatic N) is 4. The quantitative estimate of drug-likeness (QED) is 0.576. The molecular formula is C20H25F2N7O3. The highest BCUT2D eigenvalue weighted by molar-refractivity contribution is 5.93. The maximum absolute atomic E-state index is 14.6. The lowest BCUT2D eigenvalue weighted by Gasteiger charge is -2.40. The first-order valence-electron chi connectivity index (χ1n) is 10.5. The second-order valence-electron chi connectivity index (χ2n) is 8.27. The van der Waals surface area contributed by atoms with Crippen molar-refractivity contribution in [1.82, 2.24) is 25.1 Å². The van der Waals surface area contributed by atoms with Crippen LogP contribution >= 0.6 is 0 Å². The van der Waals surface area contributed by atoms with Gasteiger partial charge in [0.25, 0.3) is 11.5 Å². The van der Waals surface area contributed by atoms with Crippen LogP contribution in [0.15, 0.2) is 23.1 Å². The number of likely N-dealkylation sites (tertiary alicyclic amines) is 1. The molecule has 172 valence electrons. The van der Waals surface area contributed by atoms with Crippen LogP contribution < -0.4 is 21.3 Å². The number of carbonyl (C=O) groups excluding carboxylic acids is 1. The lowest BCUT2D eigenvalue weighted by molar-refractivity contribution is -0.125. The summed E-state index contributed by atoms with van der Waals surface area (Å²) in [5.41, 5.74) is 4.84. The van der Waals surface area contributed by atoms with E-state index in [0.717, 1.165) is 19.0 Å². The number of aromatic amines is 1. The average molecular weight is 449 g/mol. The highest BCUT2D eigenvalue weighted by Gasteiger charge is 2.47. The summed E-state index contributed by atoms with van der Waals surface area (Å²) >= 11 is 0. The van der Waals surface area contributed by atoms with Gasteiger partial charge in [0.15, 0.2) is 11.6 Å². The molecule has 2 aromatic rings. The Bertz CT molecular complexity index is 1030. The number of alkyl halides is 2. The molecule has 1 amide bonds. The number of carbonyl (C=O) groups is 1. The molecule has 0 bridgehead atoms. The molecule has 2 fully saturated rings. The molecule has 0 aromatic carbocycles. The van der Waals surface area contributed by atoms with Crippen LogP contribution in [0.1, 0.15) is 37.8 Å². The SMILES string of the molecule is CC(C(=O)Nc1ccc(OCC2CC2)nn1)N1CCC(F)(F)C(c2c[nH]c(=O)c(N)n2)C1. The summed E-state index contributed by atoms with van der Waals surface area (Å²) < 4.78 is 34.7. The predicted molar refractivity (Wildman–Crippen MR) is 111 cm³/mol. The number of anilines is 2. The molecule has 1 saturated carbocycles. The third-order valence-corrected chi connectivity index (χ3v) is 5.83. The Morgan fingerprint density at radius 3 is 2.84 bits per heavy atom. The number of ether oxygens (including phenoxy) is 1. The molecule has 1 saturated heterocycles. The monoisotopic (exact) mass is 449 g/mol. The van der Waals surface area contributed by atoms with Crippen molar-refractivity contribution in [2.24, 2.45) is 5.92 Å². The lowest BCUT2D eigenvalue weighted by atomic mass is 9.90. The number of hydrogen-bond donors (Lipinski definition) is 3. The topological polar surface area (TPSA) is 139 Å². The Hall–Kier alpha value is -3.15. The van der Waals surface area contributed by atoms with Gasteiger partial charge in [-0.2, -0.15) is 0 Å². The second kappa shape index (κ2) is 8.77. The van der Waals surface area contributed by atoms with Crippen molar-refractivity contribution < 1.29 is 18.3 Å². The molecule has 2 aromatic heterocycles. The predicted octanol–water partition coefficient (Wildman–Crippen LogP) is 1.38. The van der Waals surface area contributed by atoms with Gasteiger partial charge in [0.2, 0.25) is 11.8 Å². The van der Waals surface area contributed by atoms with E-state index >= 15 is 0 Å². The number of amides is 1. The van der Waals surface area contributed by atoms with Crippen LogP contribution in [0.2, 0.25) is 0 Å². The Morgan fingerprint density at radius 2 is 2.19 bits per heavy atom. The fourth-order valence-corrected chi connectivity index (χ4v) is 3.55. The molecule has 3 heterocycles. The van der Waals surface area contributed by atoms with Crippen molar-refractivity contribution >= 4 is 17.5 Å². The van der Waals surface area contributed by atoms with Crippen molar-refractivity contribution in [3.8, 4) is 5.88 Å². The number of halogens is 2. The van der Waals surface area contributed by atoms with Gasteiger partial charge < -0.3 is 20.8 Å². The number of aromatic nitrogens is 4. The molecule has 0 radical (unpaired) electrons. The van der Waals surface area contributed by atoms with Crippen LogP contribution in [-0.4, -0.2) is 62.6 Å². The van der Waals surface area contributed by atoms with E-state index in [4.69, 9.17) is 10.5 Å². The molecule has 2 atom stereocenters.